The lowest BCUT2D eigenvalue weighted by Gasteiger charge is -2.06. The minimum atomic E-state index is -0.720. The fourth-order valence-electron chi connectivity index (χ4n) is 3.37. The average Bonchev–Trinajstić information content (AvgIpc) is 3.05. The highest BCUT2D eigenvalue weighted by molar-refractivity contribution is 6.30. The lowest BCUT2D eigenvalue weighted by Crippen LogP contribution is -2.28. The lowest BCUT2D eigenvalue weighted by molar-refractivity contribution is 0.0971. The monoisotopic (exact) mass is 433 g/mol. The van der Waals surface area contributed by atoms with Crippen molar-refractivity contribution >= 4 is 34.5 Å². The van der Waals surface area contributed by atoms with Crippen molar-refractivity contribution in [2.24, 2.45) is 12.0 Å². The second-order valence-corrected chi connectivity index (χ2v) is 7.45. The zero-order valence-electron chi connectivity index (χ0n) is 16.9. The molecule has 6 nitrogen and oxygen atoms in total. The highest BCUT2D eigenvalue weighted by Gasteiger charge is 2.15. The van der Waals surface area contributed by atoms with Gasteiger partial charge in [0, 0.05) is 17.6 Å². The summed E-state index contributed by atoms with van der Waals surface area (Å²) in [4.78, 5) is 29.5. The number of Topliss-reactive ketones (excluding diaryl/α,β-unsaturated/α-hetero) is 1. The molecule has 0 saturated heterocycles. The van der Waals surface area contributed by atoms with E-state index in [1.807, 2.05) is 54.6 Å². The van der Waals surface area contributed by atoms with Gasteiger partial charge in [0.25, 0.3) is 0 Å². The van der Waals surface area contributed by atoms with Crippen molar-refractivity contribution in [3.05, 3.63) is 101 Å². The predicted molar refractivity (Wildman–Crippen MR) is 119 cm³/mol. The van der Waals surface area contributed by atoms with Gasteiger partial charge in [-0.05, 0) is 42.0 Å². The smallest absolute Gasteiger partial charge is 0.437 e. The molecule has 7 heteroatoms. The van der Waals surface area contributed by atoms with Gasteiger partial charge >= 0.3 is 6.09 Å². The Morgan fingerprint density at radius 3 is 2.26 bits per heavy atom. The molecule has 0 spiro atoms. The number of para-hydroxylation sites is 2. The van der Waals surface area contributed by atoms with Crippen LogP contribution < -0.4 is 5.62 Å². The van der Waals surface area contributed by atoms with Crippen molar-refractivity contribution in [1.82, 2.24) is 9.13 Å². The molecule has 1 amide bonds. The van der Waals surface area contributed by atoms with E-state index in [2.05, 4.69) is 4.99 Å². The summed E-state index contributed by atoms with van der Waals surface area (Å²) in [5.41, 5.74) is 3.38. The minimum Gasteiger partial charge on any atom is -0.443 e. The number of hydrogen-bond donors (Lipinski definition) is 0. The second-order valence-electron chi connectivity index (χ2n) is 7.02. The number of amides is 1. The van der Waals surface area contributed by atoms with Crippen LogP contribution in [0, 0.1) is 0 Å². The van der Waals surface area contributed by atoms with Crippen molar-refractivity contribution in [2.45, 2.75) is 13.2 Å². The topological polar surface area (TPSA) is 65.6 Å². The first-order valence-electron chi connectivity index (χ1n) is 9.71. The Balaban J connectivity index is 1.68. The zero-order chi connectivity index (χ0) is 21.8. The fraction of sp³-hybridized carbons (Fsp3) is 0.125. The van der Waals surface area contributed by atoms with E-state index in [0.717, 1.165) is 16.6 Å². The third kappa shape index (κ3) is 4.59. The number of aryl methyl sites for hydroxylation is 1. The quantitative estimate of drug-likeness (QED) is 0.426. The van der Waals surface area contributed by atoms with Crippen LogP contribution in [0.5, 0.6) is 0 Å². The Kier molecular flexibility index (Phi) is 6.00. The van der Waals surface area contributed by atoms with Crippen LogP contribution in [-0.2, 0) is 24.9 Å². The SMILES string of the molecule is Cn1/c(=N/C(=O)OCc2ccccc2)n(CC(=O)c2ccc(Cl)cc2)c2ccccc21. The van der Waals surface area contributed by atoms with Gasteiger partial charge in [-0.15, -0.1) is 4.99 Å². The highest BCUT2D eigenvalue weighted by atomic mass is 35.5. The van der Waals surface area contributed by atoms with Gasteiger partial charge in [0.2, 0.25) is 5.62 Å². The van der Waals surface area contributed by atoms with E-state index in [0.29, 0.717) is 16.2 Å². The zero-order valence-corrected chi connectivity index (χ0v) is 17.6. The molecule has 0 aliphatic rings. The molecule has 3 aromatic carbocycles. The van der Waals surface area contributed by atoms with E-state index in [9.17, 15) is 9.59 Å². The Bertz CT molecular complexity index is 1310. The number of ketones is 1. The number of halogens is 1. The number of carbonyl (C=O) groups is 2. The maximum atomic E-state index is 12.9. The van der Waals surface area contributed by atoms with Crippen LogP contribution in [0.1, 0.15) is 15.9 Å². The van der Waals surface area contributed by atoms with Crippen molar-refractivity contribution in [1.29, 1.82) is 0 Å². The van der Waals surface area contributed by atoms with Gasteiger partial charge in [-0.25, -0.2) is 4.79 Å². The van der Waals surface area contributed by atoms with Crippen LogP contribution in [-0.4, -0.2) is 21.0 Å². The first-order chi connectivity index (χ1) is 15.0. The number of imidazole rings is 1. The second kappa shape index (κ2) is 9.02. The van der Waals surface area contributed by atoms with E-state index in [1.54, 1.807) is 40.4 Å². The number of hydrogen-bond acceptors (Lipinski definition) is 3. The van der Waals surface area contributed by atoms with Crippen molar-refractivity contribution < 1.29 is 14.3 Å². The van der Waals surface area contributed by atoms with E-state index in [1.165, 1.54) is 0 Å². The van der Waals surface area contributed by atoms with Gasteiger partial charge in [0.1, 0.15) is 6.61 Å². The molecule has 0 fully saturated rings. The Hall–Kier alpha value is -3.64. The maximum Gasteiger partial charge on any atom is 0.437 e. The largest absolute Gasteiger partial charge is 0.443 e. The molecular weight excluding hydrogens is 414 g/mol. The van der Waals surface area contributed by atoms with Crippen molar-refractivity contribution in [3.63, 3.8) is 0 Å². The minimum absolute atomic E-state index is 0.0216. The molecule has 0 atom stereocenters. The Morgan fingerprint density at radius 1 is 0.903 bits per heavy atom. The standard InChI is InChI=1S/C24H20ClN3O3/c1-27-20-9-5-6-10-21(20)28(15-22(29)18-11-13-19(25)14-12-18)23(27)26-24(30)31-16-17-7-3-2-4-8-17/h2-14H,15-16H2,1H3/b26-23-. The van der Waals surface area contributed by atoms with Crippen LogP contribution in [0.2, 0.25) is 5.02 Å². The van der Waals surface area contributed by atoms with Crippen LogP contribution >= 0.6 is 11.6 Å². The summed E-state index contributed by atoms with van der Waals surface area (Å²) in [6, 6.07) is 23.7. The molecule has 0 bridgehead atoms. The molecule has 156 valence electrons. The maximum absolute atomic E-state index is 12.9. The van der Waals surface area contributed by atoms with Gasteiger partial charge in [-0.3, -0.25) is 4.79 Å². The molecule has 0 aliphatic carbocycles. The number of aromatic nitrogens is 2. The molecule has 4 rings (SSSR count). The third-order valence-corrected chi connectivity index (χ3v) is 5.19. The van der Waals surface area contributed by atoms with Gasteiger partial charge in [-0.1, -0.05) is 54.1 Å². The summed E-state index contributed by atoms with van der Waals surface area (Å²) in [6.07, 6.45) is -0.720. The number of nitrogens with zero attached hydrogens (tertiary/aromatic N) is 3. The molecule has 0 aliphatic heterocycles. The van der Waals surface area contributed by atoms with E-state index in [-0.39, 0.29) is 18.9 Å². The van der Waals surface area contributed by atoms with E-state index in [4.69, 9.17) is 16.3 Å². The van der Waals surface area contributed by atoms with Crippen molar-refractivity contribution in [2.75, 3.05) is 0 Å². The number of carbonyl (C=O) groups excluding carboxylic acids is 2. The fourth-order valence-corrected chi connectivity index (χ4v) is 3.49. The number of rotatable bonds is 5. The summed E-state index contributed by atoms with van der Waals surface area (Å²) < 4.78 is 8.80. The average molecular weight is 434 g/mol. The van der Waals surface area contributed by atoms with E-state index >= 15 is 0 Å². The first-order valence-corrected chi connectivity index (χ1v) is 10.1. The van der Waals surface area contributed by atoms with Crippen LogP contribution in [0.15, 0.2) is 83.9 Å². The summed E-state index contributed by atoms with van der Waals surface area (Å²) in [5, 5.41) is 0.561. The molecule has 0 saturated carbocycles. The molecule has 1 heterocycles. The molecule has 0 radical (unpaired) electrons. The van der Waals surface area contributed by atoms with Gasteiger partial charge < -0.3 is 13.9 Å². The van der Waals surface area contributed by atoms with Gasteiger partial charge in [0.05, 0.1) is 17.6 Å². The molecule has 1 aromatic heterocycles. The van der Waals surface area contributed by atoms with Gasteiger partial charge in [-0.2, -0.15) is 0 Å². The predicted octanol–water partition coefficient (Wildman–Crippen LogP) is 4.75. The first kappa shape index (κ1) is 20.6. The number of ether oxygens (including phenoxy) is 1. The third-order valence-electron chi connectivity index (χ3n) is 4.94. The molecule has 31 heavy (non-hydrogen) atoms. The summed E-state index contributed by atoms with van der Waals surface area (Å²) in [6.45, 7) is 0.143. The van der Waals surface area contributed by atoms with Crippen LogP contribution in [0.25, 0.3) is 11.0 Å². The van der Waals surface area contributed by atoms with E-state index < -0.39 is 6.09 Å². The van der Waals surface area contributed by atoms with Gasteiger partial charge in [0.15, 0.2) is 5.78 Å². The summed E-state index contributed by atoms with van der Waals surface area (Å²) >= 11 is 5.93. The highest BCUT2D eigenvalue weighted by Crippen LogP contribution is 2.14. The summed E-state index contributed by atoms with van der Waals surface area (Å²) in [5.74, 6) is -0.118. The normalized spacial score (nSPS) is 11.6. The Labute approximate surface area is 184 Å². The number of benzene rings is 3. The molecule has 4 aromatic rings. The van der Waals surface area contributed by atoms with Crippen molar-refractivity contribution in [3.8, 4) is 0 Å². The van der Waals surface area contributed by atoms with Crippen LogP contribution in [0.3, 0.4) is 0 Å². The van der Waals surface area contributed by atoms with Crippen LogP contribution in [0.4, 0.5) is 4.79 Å². The molecule has 0 unspecified atom stereocenters. The molecular formula is C24H20ClN3O3. The summed E-state index contributed by atoms with van der Waals surface area (Å²) in [7, 11) is 1.80. The number of fused-ring (bicyclic) bond motifs is 1. The lowest BCUT2D eigenvalue weighted by atomic mass is 10.1. The molecule has 0 N–H and O–H groups in total. The Morgan fingerprint density at radius 2 is 1.55 bits per heavy atom.